The Morgan fingerprint density at radius 2 is 2.08 bits per heavy atom. The first-order chi connectivity index (χ1) is 11.9. The van der Waals surface area contributed by atoms with Crippen molar-refractivity contribution in [3.05, 3.63) is 56.3 Å². The number of aromatic nitrogens is 1. The van der Waals surface area contributed by atoms with E-state index in [0.29, 0.717) is 17.9 Å². The maximum Gasteiger partial charge on any atom is 0.336 e. The molecule has 0 spiro atoms. The topological polar surface area (TPSA) is 81.4 Å². The fraction of sp³-hybridized carbons (Fsp3) is 0.278. The molecule has 0 bridgehead atoms. The lowest BCUT2D eigenvalue weighted by molar-refractivity contribution is -0.127. The predicted molar refractivity (Wildman–Crippen MR) is 96.0 cm³/mol. The number of rotatable bonds is 5. The summed E-state index contributed by atoms with van der Waals surface area (Å²) in [6.45, 7) is 5.96. The molecule has 0 saturated heterocycles. The van der Waals surface area contributed by atoms with Crippen LogP contribution in [0.5, 0.6) is 5.75 Å². The largest absolute Gasteiger partial charge is 0.481 e. The zero-order valence-electron chi connectivity index (χ0n) is 14.2. The summed E-state index contributed by atoms with van der Waals surface area (Å²) in [5, 5.41) is 4.62. The van der Waals surface area contributed by atoms with Crippen LogP contribution in [0.15, 0.2) is 39.5 Å². The molecule has 25 heavy (non-hydrogen) atoms. The highest BCUT2D eigenvalue weighted by molar-refractivity contribution is 7.11. The fourth-order valence-electron chi connectivity index (χ4n) is 2.42. The van der Waals surface area contributed by atoms with Crippen molar-refractivity contribution in [3.8, 4) is 5.75 Å². The Morgan fingerprint density at radius 1 is 1.32 bits per heavy atom. The fourth-order valence-corrected chi connectivity index (χ4v) is 3.30. The third-order valence-corrected chi connectivity index (χ3v) is 4.77. The Labute approximate surface area is 148 Å². The molecule has 0 aliphatic carbocycles. The lowest BCUT2D eigenvalue weighted by Gasteiger charge is -2.14. The highest BCUT2D eigenvalue weighted by Crippen LogP contribution is 2.21. The van der Waals surface area contributed by atoms with E-state index in [1.807, 2.05) is 13.8 Å². The van der Waals surface area contributed by atoms with Crippen molar-refractivity contribution in [2.75, 3.05) is 0 Å². The number of aryl methyl sites for hydroxylation is 2. The summed E-state index contributed by atoms with van der Waals surface area (Å²) < 4.78 is 10.8. The van der Waals surface area contributed by atoms with Crippen LogP contribution < -0.4 is 15.7 Å². The van der Waals surface area contributed by atoms with Gasteiger partial charge in [-0.2, -0.15) is 0 Å². The van der Waals surface area contributed by atoms with E-state index < -0.39 is 11.7 Å². The highest BCUT2D eigenvalue weighted by atomic mass is 32.1. The van der Waals surface area contributed by atoms with Gasteiger partial charge in [-0.25, -0.2) is 9.78 Å². The van der Waals surface area contributed by atoms with Gasteiger partial charge in [-0.1, -0.05) is 0 Å². The van der Waals surface area contributed by atoms with E-state index in [2.05, 4.69) is 10.3 Å². The number of ether oxygens (including phenoxy) is 1. The first-order valence-corrected chi connectivity index (χ1v) is 8.65. The molecule has 3 rings (SSSR count). The second-order valence-corrected chi connectivity index (χ2v) is 6.96. The van der Waals surface area contributed by atoms with Crippen molar-refractivity contribution in [1.29, 1.82) is 0 Å². The van der Waals surface area contributed by atoms with Gasteiger partial charge >= 0.3 is 5.63 Å². The van der Waals surface area contributed by atoms with Crippen molar-refractivity contribution in [3.63, 3.8) is 0 Å². The number of hydrogen-bond donors (Lipinski definition) is 1. The second kappa shape index (κ2) is 7.06. The maximum absolute atomic E-state index is 12.2. The van der Waals surface area contributed by atoms with Crippen LogP contribution in [0.4, 0.5) is 0 Å². The van der Waals surface area contributed by atoms with Gasteiger partial charge in [-0.15, -0.1) is 11.3 Å². The Balaban J connectivity index is 1.64. The predicted octanol–water partition coefficient (Wildman–Crippen LogP) is 2.95. The van der Waals surface area contributed by atoms with Crippen LogP contribution in [0.3, 0.4) is 0 Å². The van der Waals surface area contributed by atoms with Crippen molar-refractivity contribution in [2.45, 2.75) is 33.4 Å². The molecule has 6 nitrogen and oxygen atoms in total. The molecule has 2 heterocycles. The first-order valence-electron chi connectivity index (χ1n) is 7.83. The molecule has 1 aromatic carbocycles. The number of amides is 1. The summed E-state index contributed by atoms with van der Waals surface area (Å²) in [5.41, 5.74) is 0.931. The molecule has 0 aliphatic heterocycles. The summed E-state index contributed by atoms with van der Waals surface area (Å²) in [5.74, 6) is 0.245. The smallest absolute Gasteiger partial charge is 0.336 e. The molecule has 1 unspecified atom stereocenters. The summed E-state index contributed by atoms with van der Waals surface area (Å²) in [7, 11) is 0. The van der Waals surface area contributed by atoms with Crippen LogP contribution in [0.25, 0.3) is 11.0 Å². The molecule has 7 heteroatoms. The second-order valence-electron chi connectivity index (χ2n) is 5.67. The van der Waals surface area contributed by atoms with E-state index in [-0.39, 0.29) is 5.91 Å². The van der Waals surface area contributed by atoms with E-state index >= 15 is 0 Å². The first kappa shape index (κ1) is 17.2. The molecule has 0 fully saturated rings. The Morgan fingerprint density at radius 3 is 2.80 bits per heavy atom. The van der Waals surface area contributed by atoms with Crippen LogP contribution >= 0.6 is 11.3 Å². The molecule has 0 radical (unpaired) electrons. The van der Waals surface area contributed by atoms with Gasteiger partial charge in [0.05, 0.1) is 17.2 Å². The quantitative estimate of drug-likeness (QED) is 0.709. The Kier molecular flexibility index (Phi) is 4.85. The minimum absolute atomic E-state index is 0.222. The van der Waals surface area contributed by atoms with Crippen LogP contribution in [-0.4, -0.2) is 17.0 Å². The van der Waals surface area contributed by atoms with Crippen LogP contribution in [0.2, 0.25) is 0 Å². The lowest BCUT2D eigenvalue weighted by atomic mass is 10.2. The van der Waals surface area contributed by atoms with Crippen LogP contribution in [-0.2, 0) is 11.3 Å². The van der Waals surface area contributed by atoms with Crippen LogP contribution in [0.1, 0.15) is 22.5 Å². The van der Waals surface area contributed by atoms with Gasteiger partial charge in [0.1, 0.15) is 11.3 Å². The molecular formula is C18H18N2O4S. The van der Waals surface area contributed by atoms with Gasteiger partial charge in [-0.3, -0.25) is 4.79 Å². The number of hydrogen-bond acceptors (Lipinski definition) is 6. The average molecular weight is 358 g/mol. The van der Waals surface area contributed by atoms with Gasteiger partial charge < -0.3 is 14.5 Å². The van der Waals surface area contributed by atoms with Crippen molar-refractivity contribution in [2.24, 2.45) is 0 Å². The Hall–Kier alpha value is -2.67. The molecule has 3 aromatic rings. The lowest BCUT2D eigenvalue weighted by Crippen LogP contribution is -2.35. The summed E-state index contributed by atoms with van der Waals surface area (Å²) in [4.78, 5) is 28.9. The number of carbonyl (C=O) groups excluding carboxylic acids is 1. The maximum atomic E-state index is 12.2. The molecule has 1 atom stereocenters. The summed E-state index contributed by atoms with van der Waals surface area (Å²) in [6, 6.07) is 8.17. The zero-order chi connectivity index (χ0) is 18.0. The van der Waals surface area contributed by atoms with Gasteiger partial charge in [-0.05, 0) is 39.0 Å². The monoisotopic (exact) mass is 358 g/mol. The molecule has 2 aromatic heterocycles. The van der Waals surface area contributed by atoms with Gasteiger partial charge in [0.25, 0.3) is 5.91 Å². The molecule has 0 aliphatic rings. The van der Waals surface area contributed by atoms with Gasteiger partial charge in [0, 0.05) is 22.4 Å². The van der Waals surface area contributed by atoms with Crippen molar-refractivity contribution in [1.82, 2.24) is 10.3 Å². The van der Waals surface area contributed by atoms with E-state index in [4.69, 9.17) is 9.15 Å². The third kappa shape index (κ3) is 4.06. The van der Waals surface area contributed by atoms with Crippen molar-refractivity contribution < 1.29 is 13.9 Å². The molecule has 0 saturated carbocycles. The summed E-state index contributed by atoms with van der Waals surface area (Å²) >= 11 is 1.57. The molecular weight excluding hydrogens is 340 g/mol. The third-order valence-electron chi connectivity index (χ3n) is 3.70. The number of benzene rings is 1. The SMILES string of the molecule is Cc1nc(C)c(CNC(=O)C(C)Oc2ccc3ccc(=O)oc3c2)s1. The van der Waals surface area contributed by atoms with Crippen LogP contribution in [0, 0.1) is 13.8 Å². The highest BCUT2D eigenvalue weighted by Gasteiger charge is 2.16. The van der Waals surface area contributed by atoms with E-state index in [1.165, 1.54) is 6.07 Å². The number of nitrogens with one attached hydrogen (secondary N) is 1. The molecule has 1 N–H and O–H groups in total. The number of thiazole rings is 1. The number of nitrogens with zero attached hydrogens (tertiary/aromatic N) is 1. The van der Waals surface area contributed by atoms with Gasteiger partial charge in [0.15, 0.2) is 6.10 Å². The standard InChI is InChI=1S/C18H18N2O4S/c1-10-16(25-12(3)20-10)9-19-18(22)11(2)23-14-6-4-13-5-7-17(21)24-15(13)8-14/h4-8,11H,9H2,1-3H3,(H,19,22). The molecule has 1 amide bonds. The molecule has 130 valence electrons. The zero-order valence-corrected chi connectivity index (χ0v) is 15.0. The average Bonchev–Trinajstić information content (AvgIpc) is 2.89. The van der Waals surface area contributed by atoms with E-state index in [9.17, 15) is 9.59 Å². The summed E-state index contributed by atoms with van der Waals surface area (Å²) in [6.07, 6.45) is -0.679. The van der Waals surface area contributed by atoms with E-state index in [0.717, 1.165) is 21.0 Å². The minimum Gasteiger partial charge on any atom is -0.481 e. The van der Waals surface area contributed by atoms with E-state index in [1.54, 1.807) is 42.5 Å². The number of carbonyl (C=O) groups is 1. The minimum atomic E-state index is -0.679. The normalized spacial score (nSPS) is 12.1. The van der Waals surface area contributed by atoms with Gasteiger partial charge in [0.2, 0.25) is 0 Å². The van der Waals surface area contributed by atoms with Crippen molar-refractivity contribution >= 4 is 28.2 Å². The Bertz CT molecular complexity index is 977. The number of fused-ring (bicyclic) bond motifs is 1.